The van der Waals surface area contributed by atoms with Gasteiger partial charge in [0.15, 0.2) is 5.82 Å². The van der Waals surface area contributed by atoms with Crippen LogP contribution in [0.15, 0.2) is 45.0 Å². The van der Waals surface area contributed by atoms with E-state index in [2.05, 4.69) is 15.5 Å². The summed E-state index contributed by atoms with van der Waals surface area (Å²) in [7, 11) is 1.45. The van der Waals surface area contributed by atoms with Gasteiger partial charge in [-0.05, 0) is 36.9 Å². The summed E-state index contributed by atoms with van der Waals surface area (Å²) >= 11 is 0.982. The Hall–Kier alpha value is -3.34. The first kappa shape index (κ1) is 17.5. The van der Waals surface area contributed by atoms with Crippen LogP contribution in [0.4, 0.5) is 5.69 Å². The number of benzene rings is 1. The quantitative estimate of drug-likeness (QED) is 0.392. The van der Waals surface area contributed by atoms with E-state index in [4.69, 9.17) is 10.3 Å². The Bertz CT molecular complexity index is 996. The Morgan fingerprint density at radius 2 is 2.15 bits per heavy atom. The lowest BCUT2D eigenvalue weighted by atomic mass is 10.2. The van der Waals surface area contributed by atoms with E-state index in [-0.39, 0.29) is 21.3 Å². The Balaban J connectivity index is 1.97. The van der Waals surface area contributed by atoms with E-state index in [9.17, 15) is 14.9 Å². The van der Waals surface area contributed by atoms with Crippen molar-refractivity contribution in [2.24, 2.45) is 0 Å². The highest BCUT2D eigenvalue weighted by molar-refractivity contribution is 7.99. The van der Waals surface area contributed by atoms with Gasteiger partial charge in [0.05, 0.1) is 21.6 Å². The van der Waals surface area contributed by atoms with Gasteiger partial charge in [-0.1, -0.05) is 0 Å². The number of hydrogen-bond acceptors (Lipinski definition) is 8. The molecule has 0 aliphatic rings. The van der Waals surface area contributed by atoms with E-state index >= 15 is 0 Å². The molecular weight excluding hydrogens is 360 g/mol. The molecule has 0 bridgehead atoms. The molecule has 0 saturated heterocycles. The molecule has 0 atom stereocenters. The number of carbonyl (C=O) groups excluding carboxylic acids is 1. The van der Waals surface area contributed by atoms with Crippen LogP contribution in [-0.2, 0) is 0 Å². The molecule has 2 aromatic heterocycles. The van der Waals surface area contributed by atoms with Gasteiger partial charge in [0.25, 0.3) is 11.6 Å². The predicted octanol–water partition coefficient (Wildman–Crippen LogP) is 1.98. The number of nitrogens with zero attached hydrogens (tertiary/aromatic N) is 4. The number of nitro groups is 1. The normalized spacial score (nSPS) is 10.7. The van der Waals surface area contributed by atoms with Gasteiger partial charge in [-0.2, -0.15) is 0 Å². The second-order valence-corrected chi connectivity index (χ2v) is 6.20. The van der Waals surface area contributed by atoms with Gasteiger partial charge in [0, 0.05) is 18.7 Å². The summed E-state index contributed by atoms with van der Waals surface area (Å²) in [6.07, 6.45) is 1.51. The third-order valence-corrected chi connectivity index (χ3v) is 4.64. The van der Waals surface area contributed by atoms with Crippen molar-refractivity contribution in [3.8, 4) is 11.4 Å². The van der Waals surface area contributed by atoms with Crippen LogP contribution in [0.3, 0.4) is 0 Å². The third-order valence-electron chi connectivity index (χ3n) is 3.61. The fourth-order valence-electron chi connectivity index (χ4n) is 2.28. The maximum atomic E-state index is 11.7. The molecule has 0 saturated carbocycles. The number of rotatable bonds is 5. The smallest absolute Gasteiger partial charge is 0.284 e. The summed E-state index contributed by atoms with van der Waals surface area (Å²) in [5.74, 6) is 6.62. The molecule has 1 amide bonds. The molecule has 0 unspecified atom stereocenters. The van der Waals surface area contributed by atoms with E-state index in [1.165, 1.54) is 36.2 Å². The topological polar surface area (TPSA) is 142 Å². The number of carbonyl (C=O) groups is 1. The van der Waals surface area contributed by atoms with E-state index in [1.54, 1.807) is 13.0 Å². The van der Waals surface area contributed by atoms with Crippen molar-refractivity contribution in [3.63, 3.8) is 0 Å². The first-order valence-electron chi connectivity index (χ1n) is 7.35. The van der Waals surface area contributed by atoms with Crippen molar-refractivity contribution in [2.45, 2.75) is 17.0 Å². The highest BCUT2D eigenvalue weighted by Gasteiger charge is 2.22. The summed E-state index contributed by atoms with van der Waals surface area (Å²) in [4.78, 5) is 22.8. The number of nitro benzene ring substituents is 1. The average Bonchev–Trinajstić information content (AvgIpc) is 3.20. The zero-order chi connectivity index (χ0) is 18.8. The van der Waals surface area contributed by atoms with Crippen molar-refractivity contribution in [1.82, 2.24) is 20.2 Å². The summed E-state index contributed by atoms with van der Waals surface area (Å²) in [5, 5.41) is 22.1. The molecule has 3 N–H and O–H groups in total. The van der Waals surface area contributed by atoms with E-state index in [1.807, 2.05) is 0 Å². The summed E-state index contributed by atoms with van der Waals surface area (Å²) in [6, 6.07) is 5.88. The summed E-state index contributed by atoms with van der Waals surface area (Å²) < 4.78 is 6.46. The van der Waals surface area contributed by atoms with Crippen LogP contribution >= 0.6 is 11.8 Å². The molecule has 10 nitrogen and oxygen atoms in total. The minimum absolute atomic E-state index is 0.187. The molecule has 3 aromatic rings. The van der Waals surface area contributed by atoms with Gasteiger partial charge < -0.3 is 15.6 Å². The maximum absolute atomic E-state index is 11.7. The molecule has 0 aliphatic carbocycles. The van der Waals surface area contributed by atoms with Crippen molar-refractivity contribution in [1.29, 1.82) is 0 Å². The zero-order valence-corrected chi connectivity index (χ0v) is 14.6. The fraction of sp³-hybridized carbons (Fsp3) is 0.133. The number of amides is 1. The maximum Gasteiger partial charge on any atom is 0.284 e. The first-order chi connectivity index (χ1) is 12.4. The number of aryl methyl sites for hydroxylation is 1. The number of furan rings is 1. The van der Waals surface area contributed by atoms with Gasteiger partial charge in [0.2, 0.25) is 5.16 Å². The van der Waals surface area contributed by atoms with Crippen molar-refractivity contribution in [3.05, 3.63) is 52.0 Å². The number of hydrogen-bond donors (Lipinski definition) is 2. The molecule has 2 heterocycles. The number of nitrogen functional groups attached to an aromatic ring is 1. The summed E-state index contributed by atoms with van der Waals surface area (Å²) in [6.45, 7) is 1.76. The Kier molecular flexibility index (Phi) is 4.63. The standard InChI is InChI=1S/C15H14N6O4S/c1-8-10(5-6-25-8)13-18-19-15(20(13)16)26-12-4-3-9(14(22)17-2)7-11(12)21(23)24/h3-7H,16H2,1-2H3,(H,17,22). The molecule has 0 aliphatic heterocycles. The lowest BCUT2D eigenvalue weighted by molar-refractivity contribution is -0.387. The van der Waals surface area contributed by atoms with Gasteiger partial charge in [0.1, 0.15) is 5.76 Å². The molecule has 26 heavy (non-hydrogen) atoms. The van der Waals surface area contributed by atoms with Crippen LogP contribution in [0.25, 0.3) is 11.4 Å². The molecule has 0 spiro atoms. The van der Waals surface area contributed by atoms with E-state index in [0.29, 0.717) is 17.1 Å². The lowest BCUT2D eigenvalue weighted by Gasteiger charge is -2.05. The molecule has 134 valence electrons. The Morgan fingerprint density at radius 3 is 2.77 bits per heavy atom. The highest BCUT2D eigenvalue weighted by Crippen LogP contribution is 2.35. The van der Waals surface area contributed by atoms with Crippen LogP contribution in [0.1, 0.15) is 16.1 Å². The van der Waals surface area contributed by atoms with Gasteiger partial charge in [-0.25, -0.2) is 4.68 Å². The van der Waals surface area contributed by atoms with Crippen molar-refractivity contribution in [2.75, 3.05) is 12.9 Å². The van der Waals surface area contributed by atoms with Gasteiger partial charge in [-0.15, -0.1) is 10.2 Å². The Labute approximate surface area is 151 Å². The molecule has 1 aromatic carbocycles. The highest BCUT2D eigenvalue weighted by atomic mass is 32.2. The van der Waals surface area contributed by atoms with E-state index < -0.39 is 10.8 Å². The number of nitrogens with two attached hydrogens (primary N) is 1. The van der Waals surface area contributed by atoms with Crippen LogP contribution in [-0.4, -0.2) is 32.8 Å². The first-order valence-corrected chi connectivity index (χ1v) is 8.17. The van der Waals surface area contributed by atoms with Crippen LogP contribution in [0, 0.1) is 17.0 Å². The second kappa shape index (κ2) is 6.88. The van der Waals surface area contributed by atoms with Gasteiger partial charge in [-0.3, -0.25) is 14.9 Å². The van der Waals surface area contributed by atoms with E-state index in [0.717, 1.165) is 11.8 Å². The van der Waals surface area contributed by atoms with Gasteiger partial charge >= 0.3 is 0 Å². The minimum atomic E-state index is -0.562. The van der Waals surface area contributed by atoms with Crippen molar-refractivity contribution < 1.29 is 14.1 Å². The minimum Gasteiger partial charge on any atom is -0.469 e. The van der Waals surface area contributed by atoms with Crippen LogP contribution in [0.5, 0.6) is 0 Å². The molecule has 3 rings (SSSR count). The fourth-order valence-corrected chi connectivity index (χ4v) is 3.11. The molecule has 0 radical (unpaired) electrons. The number of nitrogens with one attached hydrogen (secondary N) is 1. The molecular formula is C15H14N6O4S. The average molecular weight is 374 g/mol. The Morgan fingerprint density at radius 1 is 1.38 bits per heavy atom. The van der Waals surface area contributed by atoms with Crippen LogP contribution in [0.2, 0.25) is 0 Å². The molecule has 0 fully saturated rings. The molecule has 11 heteroatoms. The van der Waals surface area contributed by atoms with Crippen molar-refractivity contribution >= 4 is 23.4 Å². The van der Waals surface area contributed by atoms with Crippen LogP contribution < -0.4 is 11.2 Å². The summed E-state index contributed by atoms with van der Waals surface area (Å²) in [5.41, 5.74) is 0.643. The monoisotopic (exact) mass is 374 g/mol. The predicted molar refractivity (Wildman–Crippen MR) is 93.2 cm³/mol. The zero-order valence-electron chi connectivity index (χ0n) is 13.8. The third kappa shape index (κ3) is 3.11. The SMILES string of the molecule is CNC(=O)c1ccc(Sc2nnc(-c3ccoc3C)n2N)c([N+](=O)[O-])c1. The largest absolute Gasteiger partial charge is 0.469 e. The number of aromatic nitrogens is 3. The lowest BCUT2D eigenvalue weighted by Crippen LogP contribution is -2.17. The second-order valence-electron chi connectivity index (χ2n) is 5.19.